The van der Waals surface area contributed by atoms with Gasteiger partial charge in [0.2, 0.25) is 0 Å². The Morgan fingerprint density at radius 3 is 3.00 bits per heavy atom. The van der Waals surface area contributed by atoms with Crippen LogP contribution in [0.5, 0.6) is 0 Å². The van der Waals surface area contributed by atoms with E-state index in [0.29, 0.717) is 0 Å². The minimum Gasteiger partial charge on any atom is -0.355 e. The van der Waals surface area contributed by atoms with Crippen molar-refractivity contribution in [3.05, 3.63) is 27.7 Å². The fourth-order valence-electron chi connectivity index (χ4n) is 0.946. The predicted octanol–water partition coefficient (Wildman–Crippen LogP) is 2.52. The van der Waals surface area contributed by atoms with E-state index in [1.165, 1.54) is 0 Å². The predicted molar refractivity (Wildman–Crippen MR) is 56.3 cm³/mol. The smallest absolute Gasteiger partial charge is 0.182 e. The summed E-state index contributed by atoms with van der Waals surface area (Å²) in [7, 11) is 0. The monoisotopic (exact) mass is 211 g/mol. The van der Waals surface area contributed by atoms with Crippen LogP contribution in [0.2, 0.25) is 0 Å². The van der Waals surface area contributed by atoms with Crippen molar-refractivity contribution in [3.8, 4) is 0 Å². The molecule has 0 fully saturated rings. The fourth-order valence-corrected chi connectivity index (χ4v) is 2.19. The Bertz CT molecular complexity index is 366. The van der Waals surface area contributed by atoms with Gasteiger partial charge in [0.15, 0.2) is 5.13 Å². The number of aryl methyl sites for hydroxylation is 1. The first-order chi connectivity index (χ1) is 6.34. The van der Waals surface area contributed by atoms with Crippen LogP contribution in [-0.4, -0.2) is 9.97 Å². The molecule has 1 N–H and O–H groups in total. The van der Waals surface area contributed by atoms with Gasteiger partial charge in [-0.15, -0.1) is 22.7 Å². The first kappa shape index (κ1) is 8.65. The Balaban J connectivity index is 1.93. The van der Waals surface area contributed by atoms with Gasteiger partial charge in [-0.05, 0) is 6.92 Å². The van der Waals surface area contributed by atoms with Crippen LogP contribution < -0.4 is 5.32 Å². The molecule has 0 unspecified atom stereocenters. The van der Waals surface area contributed by atoms with Crippen LogP contribution in [0.1, 0.15) is 10.7 Å². The first-order valence-corrected chi connectivity index (χ1v) is 5.65. The topological polar surface area (TPSA) is 37.8 Å². The zero-order valence-corrected chi connectivity index (χ0v) is 8.78. The van der Waals surface area contributed by atoms with E-state index in [4.69, 9.17) is 0 Å². The average Bonchev–Trinajstić information content (AvgIpc) is 2.71. The Hall–Kier alpha value is -0.940. The molecule has 0 spiro atoms. The molecule has 0 bridgehead atoms. The maximum Gasteiger partial charge on any atom is 0.182 e. The van der Waals surface area contributed by atoms with E-state index in [1.807, 2.05) is 12.3 Å². The van der Waals surface area contributed by atoms with Gasteiger partial charge in [0.05, 0.1) is 6.54 Å². The van der Waals surface area contributed by atoms with Crippen molar-refractivity contribution in [2.45, 2.75) is 13.5 Å². The van der Waals surface area contributed by atoms with Gasteiger partial charge >= 0.3 is 0 Å². The number of rotatable bonds is 3. The van der Waals surface area contributed by atoms with Crippen LogP contribution in [0.4, 0.5) is 5.13 Å². The zero-order valence-electron chi connectivity index (χ0n) is 7.15. The Labute approximate surface area is 84.5 Å². The molecule has 2 aromatic heterocycles. The quantitative estimate of drug-likeness (QED) is 0.847. The third-order valence-electron chi connectivity index (χ3n) is 1.49. The number of hydrogen-bond acceptors (Lipinski definition) is 5. The van der Waals surface area contributed by atoms with Gasteiger partial charge in [-0.2, -0.15) is 0 Å². The molecule has 3 nitrogen and oxygen atoms in total. The van der Waals surface area contributed by atoms with Gasteiger partial charge in [-0.25, -0.2) is 9.97 Å². The van der Waals surface area contributed by atoms with Crippen LogP contribution >= 0.6 is 22.7 Å². The molecule has 2 rings (SSSR count). The molecule has 0 aliphatic carbocycles. The van der Waals surface area contributed by atoms with Gasteiger partial charge in [-0.1, -0.05) is 0 Å². The van der Waals surface area contributed by atoms with Crippen molar-refractivity contribution in [2.75, 3.05) is 5.32 Å². The molecule has 0 atom stereocenters. The maximum absolute atomic E-state index is 4.34. The van der Waals surface area contributed by atoms with Crippen LogP contribution in [0.25, 0.3) is 0 Å². The van der Waals surface area contributed by atoms with E-state index in [9.17, 15) is 0 Å². The van der Waals surface area contributed by atoms with Gasteiger partial charge in [0.25, 0.3) is 0 Å². The molecule has 13 heavy (non-hydrogen) atoms. The molecule has 0 saturated carbocycles. The van der Waals surface area contributed by atoms with Crippen molar-refractivity contribution in [1.29, 1.82) is 0 Å². The summed E-state index contributed by atoms with van der Waals surface area (Å²) in [5.41, 5.74) is 1.08. The Kier molecular flexibility index (Phi) is 2.56. The highest BCUT2D eigenvalue weighted by Crippen LogP contribution is 2.14. The second-order valence-corrected chi connectivity index (χ2v) is 4.41. The molecule has 2 aromatic rings. The van der Waals surface area contributed by atoms with Crippen LogP contribution in [-0.2, 0) is 6.54 Å². The summed E-state index contributed by atoms with van der Waals surface area (Å²) in [6.07, 6.45) is 1.79. The number of nitrogens with zero attached hydrogens (tertiary/aromatic N) is 2. The summed E-state index contributed by atoms with van der Waals surface area (Å²) in [4.78, 5) is 8.47. The van der Waals surface area contributed by atoms with Gasteiger partial charge < -0.3 is 5.32 Å². The van der Waals surface area contributed by atoms with E-state index in [0.717, 1.165) is 22.4 Å². The van der Waals surface area contributed by atoms with Crippen molar-refractivity contribution >= 4 is 27.8 Å². The van der Waals surface area contributed by atoms with Gasteiger partial charge in [-0.3, -0.25) is 0 Å². The number of aromatic nitrogens is 2. The molecule has 0 radical (unpaired) electrons. The summed E-state index contributed by atoms with van der Waals surface area (Å²) in [5, 5.41) is 9.27. The molecule has 2 heterocycles. The fraction of sp³-hybridized carbons (Fsp3) is 0.250. The minimum atomic E-state index is 0.770. The highest BCUT2D eigenvalue weighted by atomic mass is 32.1. The second kappa shape index (κ2) is 3.85. The number of anilines is 1. The van der Waals surface area contributed by atoms with E-state index < -0.39 is 0 Å². The summed E-state index contributed by atoms with van der Waals surface area (Å²) >= 11 is 3.28. The van der Waals surface area contributed by atoms with Crippen molar-refractivity contribution < 1.29 is 0 Å². The number of nitrogens with one attached hydrogen (secondary N) is 1. The molecular formula is C8H9N3S2. The standard InChI is InChI=1S/C8H9N3S2/c1-6-5-13-7(11-6)4-10-8-9-2-3-12-8/h2-3,5H,4H2,1H3,(H,9,10). The van der Waals surface area contributed by atoms with E-state index in [1.54, 1.807) is 28.9 Å². The number of hydrogen-bond donors (Lipinski definition) is 1. The molecule has 0 aliphatic rings. The normalized spacial score (nSPS) is 10.2. The Morgan fingerprint density at radius 2 is 2.38 bits per heavy atom. The van der Waals surface area contributed by atoms with Crippen molar-refractivity contribution in [1.82, 2.24) is 9.97 Å². The van der Waals surface area contributed by atoms with Crippen LogP contribution in [0.15, 0.2) is 17.0 Å². The third-order valence-corrected chi connectivity index (χ3v) is 3.19. The van der Waals surface area contributed by atoms with Gasteiger partial charge in [0.1, 0.15) is 5.01 Å². The van der Waals surface area contributed by atoms with E-state index >= 15 is 0 Å². The van der Waals surface area contributed by atoms with Crippen LogP contribution in [0.3, 0.4) is 0 Å². The molecule has 0 aliphatic heterocycles. The molecule has 0 saturated heterocycles. The molecule has 68 valence electrons. The maximum atomic E-state index is 4.34. The van der Waals surface area contributed by atoms with Gasteiger partial charge in [0, 0.05) is 22.7 Å². The summed E-state index contributed by atoms with van der Waals surface area (Å²) in [5.74, 6) is 0. The lowest BCUT2D eigenvalue weighted by Crippen LogP contribution is -1.97. The Morgan fingerprint density at radius 1 is 1.46 bits per heavy atom. The SMILES string of the molecule is Cc1csc(CNc2nccs2)n1. The van der Waals surface area contributed by atoms with Crippen molar-refractivity contribution in [3.63, 3.8) is 0 Å². The summed E-state index contributed by atoms with van der Waals surface area (Å²) in [6, 6.07) is 0. The highest BCUT2D eigenvalue weighted by molar-refractivity contribution is 7.13. The third kappa shape index (κ3) is 2.26. The number of thiazole rings is 2. The largest absolute Gasteiger partial charge is 0.355 e. The van der Waals surface area contributed by atoms with E-state index in [-0.39, 0.29) is 0 Å². The lowest BCUT2D eigenvalue weighted by molar-refractivity contribution is 1.07. The van der Waals surface area contributed by atoms with E-state index in [2.05, 4.69) is 20.7 Å². The zero-order chi connectivity index (χ0) is 9.10. The molecule has 0 aromatic carbocycles. The molecular weight excluding hydrogens is 202 g/mol. The molecule has 5 heteroatoms. The summed E-state index contributed by atoms with van der Waals surface area (Å²) in [6.45, 7) is 2.77. The minimum absolute atomic E-state index is 0.770. The van der Waals surface area contributed by atoms with Crippen LogP contribution in [0, 0.1) is 6.92 Å². The molecule has 0 amide bonds. The summed E-state index contributed by atoms with van der Waals surface area (Å²) < 4.78 is 0. The van der Waals surface area contributed by atoms with Crippen molar-refractivity contribution in [2.24, 2.45) is 0 Å². The lowest BCUT2D eigenvalue weighted by atomic mass is 10.6. The second-order valence-electron chi connectivity index (χ2n) is 2.57. The lowest BCUT2D eigenvalue weighted by Gasteiger charge is -1.97. The average molecular weight is 211 g/mol. The highest BCUT2D eigenvalue weighted by Gasteiger charge is 1.98. The first-order valence-electron chi connectivity index (χ1n) is 3.89.